The third kappa shape index (κ3) is 3.54. The van der Waals surface area contributed by atoms with Crippen LogP contribution in [0.4, 0.5) is 0 Å². The van der Waals surface area contributed by atoms with E-state index in [9.17, 15) is 0 Å². The molecule has 0 bridgehead atoms. The van der Waals surface area contributed by atoms with Crippen LogP contribution in [0.25, 0.3) is 0 Å². The number of rotatable bonds is 4. The molecular formula is C20H25N. The highest BCUT2D eigenvalue weighted by Crippen LogP contribution is 2.29. The SMILES string of the molecule is CC(CNC1CCCCc2ccccc21)c1ccccc1. The first-order valence-corrected chi connectivity index (χ1v) is 8.21. The summed E-state index contributed by atoms with van der Waals surface area (Å²) in [5.41, 5.74) is 4.49. The molecule has 0 radical (unpaired) electrons. The molecule has 1 N–H and O–H groups in total. The molecule has 2 atom stereocenters. The van der Waals surface area contributed by atoms with E-state index in [-0.39, 0.29) is 0 Å². The quantitative estimate of drug-likeness (QED) is 0.789. The number of benzene rings is 2. The highest BCUT2D eigenvalue weighted by atomic mass is 14.9. The fraction of sp³-hybridized carbons (Fsp3) is 0.400. The van der Waals surface area contributed by atoms with E-state index in [0.29, 0.717) is 12.0 Å². The second kappa shape index (κ2) is 6.91. The lowest BCUT2D eigenvalue weighted by atomic mass is 9.97. The molecule has 0 aliphatic heterocycles. The summed E-state index contributed by atoms with van der Waals surface area (Å²) in [7, 11) is 0. The standard InChI is InChI=1S/C20H25N/c1-16(17-9-3-2-4-10-17)15-21-20-14-8-6-12-18-11-5-7-13-19(18)20/h2-5,7,9-11,13,16,20-21H,6,8,12,14-15H2,1H3. The molecule has 0 aromatic heterocycles. The van der Waals surface area contributed by atoms with Crippen molar-refractivity contribution in [3.05, 3.63) is 71.3 Å². The summed E-state index contributed by atoms with van der Waals surface area (Å²) < 4.78 is 0. The molecule has 0 fully saturated rings. The van der Waals surface area contributed by atoms with Crippen molar-refractivity contribution < 1.29 is 0 Å². The lowest BCUT2D eigenvalue weighted by Crippen LogP contribution is -2.25. The lowest BCUT2D eigenvalue weighted by molar-refractivity contribution is 0.472. The van der Waals surface area contributed by atoms with Crippen LogP contribution >= 0.6 is 0 Å². The first kappa shape index (κ1) is 14.3. The van der Waals surface area contributed by atoms with E-state index in [0.717, 1.165) is 6.54 Å². The van der Waals surface area contributed by atoms with Gasteiger partial charge in [0, 0.05) is 12.6 Å². The molecule has 2 unspecified atom stereocenters. The van der Waals surface area contributed by atoms with Crippen LogP contribution in [0, 0.1) is 0 Å². The minimum atomic E-state index is 0.523. The average Bonchev–Trinajstić information content (AvgIpc) is 2.76. The van der Waals surface area contributed by atoms with Crippen molar-refractivity contribution in [1.82, 2.24) is 5.32 Å². The average molecular weight is 279 g/mol. The van der Waals surface area contributed by atoms with E-state index in [1.165, 1.54) is 36.8 Å². The molecule has 110 valence electrons. The summed E-state index contributed by atoms with van der Waals surface area (Å²) in [4.78, 5) is 0. The van der Waals surface area contributed by atoms with E-state index in [4.69, 9.17) is 0 Å². The molecule has 1 aliphatic carbocycles. The molecule has 0 amide bonds. The summed E-state index contributed by atoms with van der Waals surface area (Å²) in [6, 6.07) is 20.3. The maximum atomic E-state index is 3.82. The zero-order valence-electron chi connectivity index (χ0n) is 12.9. The summed E-state index contributed by atoms with van der Waals surface area (Å²) in [5, 5.41) is 3.82. The topological polar surface area (TPSA) is 12.0 Å². The van der Waals surface area contributed by atoms with E-state index in [1.54, 1.807) is 5.56 Å². The first-order chi connectivity index (χ1) is 10.3. The Morgan fingerprint density at radius 1 is 1.00 bits per heavy atom. The van der Waals surface area contributed by atoms with Gasteiger partial charge in [0.15, 0.2) is 0 Å². The minimum Gasteiger partial charge on any atom is -0.309 e. The van der Waals surface area contributed by atoms with Crippen molar-refractivity contribution in [3.8, 4) is 0 Å². The van der Waals surface area contributed by atoms with Crippen LogP contribution in [0.1, 0.15) is 54.8 Å². The number of nitrogens with one attached hydrogen (secondary N) is 1. The van der Waals surface area contributed by atoms with Gasteiger partial charge in [-0.05, 0) is 41.9 Å². The third-order valence-corrected chi connectivity index (χ3v) is 4.66. The molecule has 2 aromatic rings. The highest BCUT2D eigenvalue weighted by Gasteiger charge is 2.18. The second-order valence-corrected chi connectivity index (χ2v) is 6.22. The van der Waals surface area contributed by atoms with Gasteiger partial charge in [-0.2, -0.15) is 0 Å². The maximum Gasteiger partial charge on any atom is 0.0323 e. The van der Waals surface area contributed by atoms with Crippen molar-refractivity contribution in [2.75, 3.05) is 6.54 Å². The molecule has 1 heteroatoms. The zero-order valence-corrected chi connectivity index (χ0v) is 12.9. The summed E-state index contributed by atoms with van der Waals surface area (Å²) >= 11 is 0. The smallest absolute Gasteiger partial charge is 0.0323 e. The molecule has 3 rings (SSSR count). The van der Waals surface area contributed by atoms with Gasteiger partial charge in [-0.3, -0.25) is 0 Å². The molecule has 0 heterocycles. The Morgan fingerprint density at radius 3 is 2.62 bits per heavy atom. The minimum absolute atomic E-state index is 0.523. The Hall–Kier alpha value is -1.60. The Kier molecular flexibility index (Phi) is 4.72. The van der Waals surface area contributed by atoms with Gasteiger partial charge in [0.1, 0.15) is 0 Å². The Morgan fingerprint density at radius 2 is 1.76 bits per heavy atom. The number of hydrogen-bond donors (Lipinski definition) is 1. The van der Waals surface area contributed by atoms with Gasteiger partial charge < -0.3 is 5.32 Å². The summed E-state index contributed by atoms with van der Waals surface area (Å²) in [5.74, 6) is 0.557. The molecular weight excluding hydrogens is 254 g/mol. The normalized spacial score (nSPS) is 19.6. The van der Waals surface area contributed by atoms with E-state index >= 15 is 0 Å². The van der Waals surface area contributed by atoms with Crippen LogP contribution in [-0.4, -0.2) is 6.54 Å². The van der Waals surface area contributed by atoms with Crippen molar-refractivity contribution in [1.29, 1.82) is 0 Å². The van der Waals surface area contributed by atoms with Gasteiger partial charge in [0.25, 0.3) is 0 Å². The Balaban J connectivity index is 1.68. The van der Waals surface area contributed by atoms with Crippen molar-refractivity contribution in [2.24, 2.45) is 0 Å². The van der Waals surface area contributed by atoms with Gasteiger partial charge in [0.05, 0.1) is 0 Å². The van der Waals surface area contributed by atoms with Crippen LogP contribution in [0.3, 0.4) is 0 Å². The molecule has 0 saturated carbocycles. The Bertz CT molecular complexity index is 561. The number of aryl methyl sites for hydroxylation is 1. The summed E-state index contributed by atoms with van der Waals surface area (Å²) in [6.07, 6.45) is 5.15. The highest BCUT2D eigenvalue weighted by molar-refractivity contribution is 5.31. The van der Waals surface area contributed by atoms with Crippen LogP contribution in [0.2, 0.25) is 0 Å². The van der Waals surface area contributed by atoms with Crippen molar-refractivity contribution in [3.63, 3.8) is 0 Å². The van der Waals surface area contributed by atoms with Gasteiger partial charge in [-0.25, -0.2) is 0 Å². The lowest BCUT2D eigenvalue weighted by Gasteiger charge is -2.22. The number of hydrogen-bond acceptors (Lipinski definition) is 1. The zero-order chi connectivity index (χ0) is 14.5. The van der Waals surface area contributed by atoms with Gasteiger partial charge in [-0.1, -0.05) is 67.9 Å². The van der Waals surface area contributed by atoms with Crippen LogP contribution in [-0.2, 0) is 6.42 Å². The van der Waals surface area contributed by atoms with Gasteiger partial charge in [-0.15, -0.1) is 0 Å². The Labute approximate surface area is 128 Å². The second-order valence-electron chi connectivity index (χ2n) is 6.22. The van der Waals surface area contributed by atoms with E-state index in [1.807, 2.05) is 0 Å². The van der Waals surface area contributed by atoms with Crippen LogP contribution < -0.4 is 5.32 Å². The molecule has 0 spiro atoms. The van der Waals surface area contributed by atoms with Crippen LogP contribution in [0.5, 0.6) is 0 Å². The number of fused-ring (bicyclic) bond motifs is 1. The predicted molar refractivity (Wildman–Crippen MR) is 89.6 cm³/mol. The first-order valence-electron chi connectivity index (χ1n) is 8.21. The fourth-order valence-corrected chi connectivity index (χ4v) is 3.35. The fourth-order valence-electron chi connectivity index (χ4n) is 3.35. The van der Waals surface area contributed by atoms with Crippen LogP contribution in [0.15, 0.2) is 54.6 Å². The third-order valence-electron chi connectivity index (χ3n) is 4.66. The molecule has 21 heavy (non-hydrogen) atoms. The van der Waals surface area contributed by atoms with Gasteiger partial charge in [0.2, 0.25) is 0 Å². The predicted octanol–water partition coefficient (Wildman–Crippen LogP) is 4.85. The van der Waals surface area contributed by atoms with E-state index in [2.05, 4.69) is 66.8 Å². The van der Waals surface area contributed by atoms with Crippen molar-refractivity contribution >= 4 is 0 Å². The monoisotopic (exact) mass is 279 g/mol. The molecule has 1 aliphatic rings. The summed E-state index contributed by atoms with van der Waals surface area (Å²) in [6.45, 7) is 3.36. The van der Waals surface area contributed by atoms with E-state index < -0.39 is 0 Å². The van der Waals surface area contributed by atoms with Crippen molar-refractivity contribution in [2.45, 2.75) is 44.6 Å². The largest absolute Gasteiger partial charge is 0.309 e. The van der Waals surface area contributed by atoms with Gasteiger partial charge >= 0.3 is 0 Å². The molecule has 2 aromatic carbocycles. The maximum absolute atomic E-state index is 3.82. The molecule has 0 saturated heterocycles. The molecule has 1 nitrogen and oxygen atoms in total.